The van der Waals surface area contributed by atoms with E-state index in [0.717, 1.165) is 25.7 Å². The van der Waals surface area contributed by atoms with Gasteiger partial charge < -0.3 is 15.3 Å². The van der Waals surface area contributed by atoms with Crippen molar-refractivity contribution in [1.29, 1.82) is 0 Å². The van der Waals surface area contributed by atoms with Crippen LogP contribution >= 0.6 is 0 Å². The van der Waals surface area contributed by atoms with E-state index in [1.54, 1.807) is 6.92 Å². The first kappa shape index (κ1) is 17.8. The summed E-state index contributed by atoms with van der Waals surface area (Å²) in [5.41, 5.74) is -1.27. The molecular formula is C17H28N2O4. The molecule has 0 spiro atoms. The van der Waals surface area contributed by atoms with Crippen LogP contribution in [0.2, 0.25) is 0 Å². The Labute approximate surface area is 137 Å². The molecule has 0 bridgehead atoms. The molecule has 6 nitrogen and oxygen atoms in total. The van der Waals surface area contributed by atoms with Gasteiger partial charge in [-0.15, -0.1) is 0 Å². The summed E-state index contributed by atoms with van der Waals surface area (Å²) < 4.78 is 0. The molecule has 1 heterocycles. The van der Waals surface area contributed by atoms with Gasteiger partial charge in [-0.3, -0.25) is 9.59 Å². The largest absolute Gasteiger partial charge is 0.480 e. The first-order chi connectivity index (χ1) is 10.8. The van der Waals surface area contributed by atoms with Crippen molar-refractivity contribution < 1.29 is 19.5 Å². The lowest BCUT2D eigenvalue weighted by Gasteiger charge is -2.33. The van der Waals surface area contributed by atoms with Gasteiger partial charge in [0.25, 0.3) is 0 Å². The number of carboxylic acid groups (broad SMARTS) is 1. The minimum absolute atomic E-state index is 0.0261. The molecular weight excluding hydrogens is 296 g/mol. The highest BCUT2D eigenvalue weighted by Gasteiger charge is 2.41. The molecule has 6 heteroatoms. The molecule has 1 aliphatic carbocycles. The van der Waals surface area contributed by atoms with Crippen LogP contribution in [0.5, 0.6) is 0 Å². The third-order valence-electron chi connectivity index (χ3n) is 5.53. The molecule has 2 aliphatic rings. The van der Waals surface area contributed by atoms with Gasteiger partial charge in [0, 0.05) is 19.0 Å². The Morgan fingerprint density at radius 3 is 2.43 bits per heavy atom. The quantitative estimate of drug-likeness (QED) is 0.807. The van der Waals surface area contributed by atoms with E-state index in [1.165, 1.54) is 6.92 Å². The number of nitrogens with one attached hydrogen (secondary N) is 1. The smallest absolute Gasteiger partial charge is 0.329 e. The fourth-order valence-corrected chi connectivity index (χ4v) is 3.48. The molecule has 0 radical (unpaired) electrons. The van der Waals surface area contributed by atoms with Crippen molar-refractivity contribution in [3.05, 3.63) is 0 Å². The highest BCUT2D eigenvalue weighted by atomic mass is 16.4. The van der Waals surface area contributed by atoms with Gasteiger partial charge in [-0.1, -0.05) is 13.8 Å². The van der Waals surface area contributed by atoms with Gasteiger partial charge >= 0.3 is 5.97 Å². The standard InChI is InChI=1S/C17H28N2O4/c1-4-17(3,16(22)23)18-15(21)12-9-14(20)19(10-12)13-7-5-11(2)6-8-13/h11-13H,4-10H2,1-3H3,(H,18,21)(H,22,23). The third-order valence-corrected chi connectivity index (χ3v) is 5.53. The number of likely N-dealkylation sites (tertiary alicyclic amines) is 1. The van der Waals surface area contributed by atoms with Gasteiger partial charge in [0.2, 0.25) is 11.8 Å². The minimum atomic E-state index is -1.27. The van der Waals surface area contributed by atoms with Gasteiger partial charge in [-0.25, -0.2) is 4.79 Å². The number of carbonyl (C=O) groups excluding carboxylic acids is 2. The Bertz CT molecular complexity index is 485. The van der Waals surface area contributed by atoms with E-state index in [-0.39, 0.29) is 24.3 Å². The predicted molar refractivity (Wildman–Crippen MR) is 85.7 cm³/mol. The van der Waals surface area contributed by atoms with Gasteiger partial charge in [-0.05, 0) is 44.9 Å². The minimum Gasteiger partial charge on any atom is -0.480 e. The molecule has 2 N–H and O–H groups in total. The van der Waals surface area contributed by atoms with Gasteiger partial charge in [0.05, 0.1) is 5.92 Å². The van der Waals surface area contributed by atoms with Crippen molar-refractivity contribution in [3.63, 3.8) is 0 Å². The molecule has 0 aromatic carbocycles. The first-order valence-corrected chi connectivity index (χ1v) is 8.61. The molecule has 2 unspecified atom stereocenters. The number of aliphatic carboxylic acids is 1. The number of hydrogen-bond donors (Lipinski definition) is 2. The Balaban J connectivity index is 1.96. The number of carbonyl (C=O) groups is 3. The average molecular weight is 324 g/mol. The van der Waals surface area contributed by atoms with Crippen molar-refractivity contribution in [3.8, 4) is 0 Å². The number of nitrogens with zero attached hydrogens (tertiary/aromatic N) is 1. The van der Waals surface area contributed by atoms with Crippen LogP contribution in [0.15, 0.2) is 0 Å². The Kier molecular flexibility index (Phi) is 5.32. The number of hydrogen-bond acceptors (Lipinski definition) is 3. The molecule has 0 aromatic rings. The SMILES string of the molecule is CCC(C)(NC(=O)C1CC(=O)N(C2CCC(C)CC2)C1)C(=O)O. The summed E-state index contributed by atoms with van der Waals surface area (Å²) in [6.07, 6.45) is 4.75. The van der Waals surface area contributed by atoms with E-state index in [9.17, 15) is 19.5 Å². The second kappa shape index (κ2) is 6.89. The lowest BCUT2D eigenvalue weighted by atomic mass is 9.86. The summed E-state index contributed by atoms with van der Waals surface area (Å²) in [5.74, 6) is -1.07. The van der Waals surface area contributed by atoms with Crippen molar-refractivity contribution in [1.82, 2.24) is 10.2 Å². The van der Waals surface area contributed by atoms with E-state index in [4.69, 9.17) is 0 Å². The molecule has 23 heavy (non-hydrogen) atoms. The Morgan fingerprint density at radius 2 is 1.91 bits per heavy atom. The average Bonchev–Trinajstić information content (AvgIpc) is 2.90. The summed E-state index contributed by atoms with van der Waals surface area (Å²) in [7, 11) is 0. The molecule has 1 saturated carbocycles. The van der Waals surface area contributed by atoms with Gasteiger partial charge in [0.1, 0.15) is 5.54 Å². The summed E-state index contributed by atoms with van der Waals surface area (Å²) in [4.78, 5) is 37.8. The molecule has 130 valence electrons. The topological polar surface area (TPSA) is 86.7 Å². The van der Waals surface area contributed by atoms with E-state index in [1.807, 2.05) is 4.90 Å². The lowest BCUT2D eigenvalue weighted by Crippen LogP contribution is -2.53. The third kappa shape index (κ3) is 3.85. The zero-order valence-corrected chi connectivity index (χ0v) is 14.3. The second-order valence-electron chi connectivity index (χ2n) is 7.34. The number of carboxylic acids is 1. The fourth-order valence-electron chi connectivity index (χ4n) is 3.48. The Hall–Kier alpha value is -1.59. The summed E-state index contributed by atoms with van der Waals surface area (Å²) in [6.45, 7) is 5.88. The predicted octanol–water partition coefficient (Wildman–Crippen LogP) is 1.78. The Morgan fingerprint density at radius 1 is 1.30 bits per heavy atom. The fraction of sp³-hybridized carbons (Fsp3) is 0.824. The second-order valence-corrected chi connectivity index (χ2v) is 7.34. The zero-order valence-electron chi connectivity index (χ0n) is 14.3. The molecule has 2 fully saturated rings. The summed E-state index contributed by atoms with van der Waals surface area (Å²) in [5, 5.41) is 11.9. The van der Waals surface area contributed by atoms with Crippen molar-refractivity contribution in [2.45, 2.75) is 70.9 Å². The van der Waals surface area contributed by atoms with E-state index >= 15 is 0 Å². The maximum atomic E-state index is 12.4. The number of rotatable bonds is 5. The van der Waals surface area contributed by atoms with Crippen LogP contribution in [-0.2, 0) is 14.4 Å². The van der Waals surface area contributed by atoms with Crippen molar-refractivity contribution in [2.75, 3.05) is 6.54 Å². The monoisotopic (exact) mass is 324 g/mol. The molecule has 2 amide bonds. The normalized spacial score (nSPS) is 30.8. The van der Waals surface area contributed by atoms with Crippen LogP contribution in [0.25, 0.3) is 0 Å². The van der Waals surface area contributed by atoms with Crippen LogP contribution in [0.4, 0.5) is 0 Å². The van der Waals surface area contributed by atoms with Gasteiger partial charge in [0.15, 0.2) is 0 Å². The summed E-state index contributed by atoms with van der Waals surface area (Å²) >= 11 is 0. The van der Waals surface area contributed by atoms with E-state index in [0.29, 0.717) is 18.9 Å². The summed E-state index contributed by atoms with van der Waals surface area (Å²) in [6, 6.07) is 0.244. The van der Waals surface area contributed by atoms with Crippen LogP contribution < -0.4 is 5.32 Å². The maximum absolute atomic E-state index is 12.4. The zero-order chi connectivity index (χ0) is 17.2. The molecule has 1 saturated heterocycles. The van der Waals surface area contributed by atoms with Crippen LogP contribution in [-0.4, -0.2) is 45.9 Å². The van der Waals surface area contributed by atoms with Crippen LogP contribution in [0, 0.1) is 11.8 Å². The molecule has 2 rings (SSSR count). The molecule has 2 atom stereocenters. The van der Waals surface area contributed by atoms with E-state index in [2.05, 4.69) is 12.2 Å². The lowest BCUT2D eigenvalue weighted by molar-refractivity contribution is -0.147. The molecule has 1 aliphatic heterocycles. The number of amides is 2. The molecule has 0 aromatic heterocycles. The highest BCUT2D eigenvalue weighted by molar-refractivity contribution is 5.92. The van der Waals surface area contributed by atoms with Gasteiger partial charge in [-0.2, -0.15) is 0 Å². The van der Waals surface area contributed by atoms with Crippen LogP contribution in [0.1, 0.15) is 59.3 Å². The van der Waals surface area contributed by atoms with Crippen molar-refractivity contribution >= 4 is 17.8 Å². The van der Waals surface area contributed by atoms with E-state index < -0.39 is 17.4 Å². The highest BCUT2D eigenvalue weighted by Crippen LogP contribution is 2.31. The van der Waals surface area contributed by atoms with Crippen molar-refractivity contribution in [2.24, 2.45) is 11.8 Å². The maximum Gasteiger partial charge on any atom is 0.329 e. The first-order valence-electron chi connectivity index (χ1n) is 8.61. The van der Waals surface area contributed by atoms with Crippen LogP contribution in [0.3, 0.4) is 0 Å².